The van der Waals surface area contributed by atoms with Crippen LogP contribution < -0.4 is 20.7 Å². The Morgan fingerprint density at radius 3 is 2.37 bits per heavy atom. The summed E-state index contributed by atoms with van der Waals surface area (Å²) in [6.45, 7) is -0.268. The van der Waals surface area contributed by atoms with Crippen molar-refractivity contribution in [1.29, 1.82) is 0 Å². The molecular formula is C23H27N5O9S. The molecule has 204 valence electrons. The molecule has 0 saturated carbocycles. The number of non-ortho nitro benzene ring substituents is 1. The molecule has 2 aromatic carbocycles. The van der Waals surface area contributed by atoms with Crippen molar-refractivity contribution < 1.29 is 37.6 Å². The zero-order valence-electron chi connectivity index (χ0n) is 20.3. The fourth-order valence-electron chi connectivity index (χ4n) is 3.82. The van der Waals surface area contributed by atoms with Gasteiger partial charge in [0.1, 0.15) is 17.8 Å². The number of hydrogen-bond acceptors (Lipinski definition) is 8. The van der Waals surface area contributed by atoms with E-state index in [2.05, 4.69) is 16.0 Å². The number of sulfonamides is 1. The van der Waals surface area contributed by atoms with Crippen LogP contribution in [0.3, 0.4) is 0 Å². The van der Waals surface area contributed by atoms with E-state index in [1.807, 2.05) is 0 Å². The van der Waals surface area contributed by atoms with E-state index in [1.54, 1.807) is 24.3 Å². The number of methoxy groups -OCH3 is 1. The van der Waals surface area contributed by atoms with Gasteiger partial charge in [0.15, 0.2) is 0 Å². The molecule has 1 saturated heterocycles. The molecule has 14 nitrogen and oxygen atoms in total. The summed E-state index contributed by atoms with van der Waals surface area (Å²) in [6, 6.07) is 7.83. The average molecular weight is 550 g/mol. The van der Waals surface area contributed by atoms with Gasteiger partial charge in [0.2, 0.25) is 15.9 Å². The van der Waals surface area contributed by atoms with Gasteiger partial charge in [-0.05, 0) is 42.7 Å². The van der Waals surface area contributed by atoms with Gasteiger partial charge in [-0.3, -0.25) is 14.9 Å². The summed E-state index contributed by atoms with van der Waals surface area (Å²) >= 11 is 0. The van der Waals surface area contributed by atoms with E-state index in [9.17, 15) is 38.0 Å². The summed E-state index contributed by atoms with van der Waals surface area (Å²) in [5.74, 6) is -1.60. The largest absolute Gasteiger partial charge is 0.497 e. The molecule has 0 aromatic heterocycles. The lowest BCUT2D eigenvalue weighted by atomic mass is 10.2. The molecule has 3 rings (SSSR count). The zero-order chi connectivity index (χ0) is 27.9. The molecule has 15 heteroatoms. The van der Waals surface area contributed by atoms with E-state index < -0.39 is 51.5 Å². The molecule has 2 aromatic rings. The average Bonchev–Trinajstić information content (AvgIpc) is 3.41. The molecule has 2 atom stereocenters. The maximum atomic E-state index is 13.1. The number of nitrogens with one attached hydrogen (secondary N) is 3. The van der Waals surface area contributed by atoms with Crippen molar-refractivity contribution in [2.45, 2.75) is 36.4 Å². The molecule has 1 fully saturated rings. The number of aliphatic carboxylic acids is 1. The van der Waals surface area contributed by atoms with Crippen LogP contribution in [-0.2, 0) is 26.2 Å². The van der Waals surface area contributed by atoms with Crippen LogP contribution in [0.4, 0.5) is 10.5 Å². The van der Waals surface area contributed by atoms with E-state index in [1.165, 1.54) is 7.11 Å². The van der Waals surface area contributed by atoms with Gasteiger partial charge in [-0.15, -0.1) is 0 Å². The quantitative estimate of drug-likeness (QED) is 0.232. The van der Waals surface area contributed by atoms with Gasteiger partial charge in [0.25, 0.3) is 5.69 Å². The molecule has 0 aliphatic carbocycles. The normalized spacial score (nSPS) is 16.3. The van der Waals surface area contributed by atoms with Gasteiger partial charge in [0.05, 0.1) is 23.5 Å². The first-order chi connectivity index (χ1) is 18.0. The van der Waals surface area contributed by atoms with Gasteiger partial charge in [-0.2, -0.15) is 4.31 Å². The number of nitrogens with zero attached hydrogens (tertiary/aromatic N) is 2. The molecule has 4 N–H and O–H groups in total. The summed E-state index contributed by atoms with van der Waals surface area (Å²) in [7, 11) is -2.65. The Morgan fingerprint density at radius 2 is 1.79 bits per heavy atom. The van der Waals surface area contributed by atoms with Gasteiger partial charge in [-0.25, -0.2) is 18.0 Å². The molecule has 0 radical (unpaired) electrons. The van der Waals surface area contributed by atoms with Crippen LogP contribution >= 0.6 is 0 Å². The smallest absolute Gasteiger partial charge is 0.328 e. The molecule has 1 heterocycles. The van der Waals surface area contributed by atoms with Crippen molar-refractivity contribution in [3.8, 4) is 5.75 Å². The van der Waals surface area contributed by atoms with Crippen LogP contribution in [0.25, 0.3) is 0 Å². The highest BCUT2D eigenvalue weighted by Crippen LogP contribution is 2.27. The van der Waals surface area contributed by atoms with Crippen molar-refractivity contribution >= 4 is 33.6 Å². The Bertz CT molecular complexity index is 1280. The van der Waals surface area contributed by atoms with E-state index in [0.717, 1.165) is 34.1 Å². The van der Waals surface area contributed by atoms with Crippen LogP contribution in [0.2, 0.25) is 0 Å². The number of carbonyl (C=O) groups excluding carboxylic acids is 2. The predicted molar refractivity (Wildman–Crippen MR) is 133 cm³/mol. The molecule has 1 aliphatic rings. The highest BCUT2D eigenvalue weighted by molar-refractivity contribution is 7.89. The molecule has 0 bridgehead atoms. The first-order valence-electron chi connectivity index (χ1n) is 11.5. The number of nitro groups is 1. The summed E-state index contributed by atoms with van der Waals surface area (Å²) in [5.41, 5.74) is 0.490. The standard InChI is InChI=1S/C23H27N5O9S/c1-37-17-8-4-15(5-9-17)13-24-23(32)25-14-19(22(30)31)26-21(29)20-3-2-12-27(20)38(35,36)18-10-6-16(7-11-18)28(33)34/h4-11,19-20H,2-3,12-14H2,1H3,(H,26,29)(H,30,31)(H2,24,25,32)/t19-,20-/m0/s1. The lowest BCUT2D eigenvalue weighted by molar-refractivity contribution is -0.384. The van der Waals surface area contributed by atoms with Crippen LogP contribution in [0.5, 0.6) is 5.75 Å². The Morgan fingerprint density at radius 1 is 1.13 bits per heavy atom. The SMILES string of the molecule is COc1ccc(CNC(=O)NC[C@H](NC(=O)[C@@H]2CCCN2S(=O)(=O)c2ccc([N+](=O)[O-])cc2)C(=O)O)cc1. The van der Waals surface area contributed by atoms with E-state index in [0.29, 0.717) is 12.2 Å². The van der Waals surface area contributed by atoms with Gasteiger partial charge < -0.3 is 25.8 Å². The third-order valence-corrected chi connectivity index (χ3v) is 7.78. The van der Waals surface area contributed by atoms with Crippen molar-refractivity contribution in [3.63, 3.8) is 0 Å². The number of urea groups is 1. The second kappa shape index (κ2) is 12.3. The number of ether oxygens (including phenoxy) is 1. The summed E-state index contributed by atoms with van der Waals surface area (Å²) in [5, 5.41) is 27.6. The second-order valence-corrected chi connectivity index (χ2v) is 10.2. The number of amides is 3. The first-order valence-corrected chi connectivity index (χ1v) is 12.9. The zero-order valence-corrected chi connectivity index (χ0v) is 21.1. The lowest BCUT2D eigenvalue weighted by Gasteiger charge is -2.25. The number of carboxylic acid groups (broad SMARTS) is 1. The van der Waals surface area contributed by atoms with Crippen molar-refractivity contribution in [1.82, 2.24) is 20.3 Å². The van der Waals surface area contributed by atoms with Gasteiger partial charge >= 0.3 is 12.0 Å². The third-order valence-electron chi connectivity index (χ3n) is 5.85. The highest BCUT2D eigenvalue weighted by Gasteiger charge is 2.40. The van der Waals surface area contributed by atoms with Crippen LogP contribution in [0.15, 0.2) is 53.4 Å². The van der Waals surface area contributed by atoms with Crippen LogP contribution in [0, 0.1) is 10.1 Å². The molecular weight excluding hydrogens is 522 g/mol. The van der Waals surface area contributed by atoms with Crippen LogP contribution in [-0.4, -0.2) is 72.9 Å². The monoisotopic (exact) mass is 549 g/mol. The maximum Gasteiger partial charge on any atom is 0.328 e. The summed E-state index contributed by atoms with van der Waals surface area (Å²) in [6.07, 6.45) is 0.508. The fourth-order valence-corrected chi connectivity index (χ4v) is 5.47. The first kappa shape index (κ1) is 28.3. The Hall–Kier alpha value is -4.24. The number of rotatable bonds is 11. The Kier molecular flexibility index (Phi) is 9.20. The number of hydrogen-bond donors (Lipinski definition) is 4. The second-order valence-electron chi connectivity index (χ2n) is 8.34. The molecule has 38 heavy (non-hydrogen) atoms. The minimum absolute atomic E-state index is 0.0150. The number of benzene rings is 2. The van der Waals surface area contributed by atoms with Gasteiger partial charge in [0, 0.05) is 25.2 Å². The van der Waals surface area contributed by atoms with Gasteiger partial charge in [-0.1, -0.05) is 12.1 Å². The minimum Gasteiger partial charge on any atom is -0.497 e. The molecule has 3 amide bonds. The highest BCUT2D eigenvalue weighted by atomic mass is 32.2. The van der Waals surface area contributed by atoms with E-state index >= 15 is 0 Å². The maximum absolute atomic E-state index is 13.1. The summed E-state index contributed by atoms with van der Waals surface area (Å²) in [4.78, 5) is 46.7. The van der Waals surface area contributed by atoms with E-state index in [4.69, 9.17) is 4.74 Å². The fraction of sp³-hybridized carbons (Fsp3) is 0.348. The van der Waals surface area contributed by atoms with E-state index in [-0.39, 0.29) is 30.1 Å². The Labute approximate surface area is 218 Å². The Balaban J connectivity index is 1.58. The van der Waals surface area contributed by atoms with Crippen molar-refractivity contribution in [2.75, 3.05) is 20.2 Å². The van der Waals surface area contributed by atoms with Crippen molar-refractivity contribution in [3.05, 3.63) is 64.2 Å². The number of carboxylic acids is 1. The topological polar surface area (TPSA) is 197 Å². The molecule has 0 unspecified atom stereocenters. The lowest BCUT2D eigenvalue weighted by Crippen LogP contribution is -2.54. The number of carbonyl (C=O) groups is 3. The molecule has 0 spiro atoms. The third kappa shape index (κ3) is 6.95. The molecule has 1 aliphatic heterocycles. The van der Waals surface area contributed by atoms with Crippen molar-refractivity contribution in [2.24, 2.45) is 0 Å². The minimum atomic E-state index is -4.18. The predicted octanol–water partition coefficient (Wildman–Crippen LogP) is 0.825. The van der Waals surface area contributed by atoms with Crippen LogP contribution in [0.1, 0.15) is 18.4 Å². The number of nitro benzene ring substituents is 1. The summed E-state index contributed by atoms with van der Waals surface area (Å²) < 4.78 is 32.2.